The standard InChI is InChI=1S/C25H28N2O2S/c1-13(2)11-15-5-7-16(8-6-15)19-12-30-25(26-19)27-23(28)21-17-9-10-18(20(17)14(3)4)22(21)24(27)29/h5-8,12-13,17-18,21-22H,9-11H2,1-4H3/t17-,18-,21+,22+/m1/s1. The average molecular weight is 421 g/mol. The molecule has 30 heavy (non-hydrogen) atoms. The number of rotatable bonds is 4. The summed E-state index contributed by atoms with van der Waals surface area (Å²) in [6, 6.07) is 8.45. The van der Waals surface area contributed by atoms with Gasteiger partial charge in [0, 0.05) is 10.9 Å². The molecule has 0 spiro atoms. The number of hydrogen-bond donors (Lipinski definition) is 0. The van der Waals surface area contributed by atoms with Crippen LogP contribution in [0.4, 0.5) is 5.13 Å². The van der Waals surface area contributed by atoms with E-state index in [0.717, 1.165) is 30.5 Å². The minimum atomic E-state index is -0.177. The lowest BCUT2D eigenvalue weighted by atomic mass is 9.81. The van der Waals surface area contributed by atoms with E-state index in [1.54, 1.807) is 0 Å². The number of anilines is 1. The van der Waals surface area contributed by atoms with E-state index in [2.05, 4.69) is 52.0 Å². The Morgan fingerprint density at radius 2 is 1.67 bits per heavy atom. The number of amides is 2. The van der Waals surface area contributed by atoms with Crippen LogP contribution < -0.4 is 4.90 Å². The maximum atomic E-state index is 13.3. The molecule has 2 aromatic rings. The largest absolute Gasteiger partial charge is 0.274 e. The molecule has 0 unspecified atom stereocenters. The van der Waals surface area contributed by atoms with Gasteiger partial charge in [0.05, 0.1) is 17.5 Å². The molecule has 3 aliphatic rings. The van der Waals surface area contributed by atoms with Crippen molar-refractivity contribution in [2.24, 2.45) is 29.6 Å². The van der Waals surface area contributed by atoms with Gasteiger partial charge in [-0.1, -0.05) is 49.3 Å². The van der Waals surface area contributed by atoms with Crippen molar-refractivity contribution < 1.29 is 9.59 Å². The number of benzene rings is 1. The van der Waals surface area contributed by atoms with Gasteiger partial charge in [0.15, 0.2) is 5.13 Å². The molecule has 1 saturated heterocycles. The fourth-order valence-electron chi connectivity index (χ4n) is 5.96. The van der Waals surface area contributed by atoms with Gasteiger partial charge in [-0.3, -0.25) is 9.59 Å². The van der Waals surface area contributed by atoms with Crippen molar-refractivity contribution in [3.05, 3.63) is 46.4 Å². The summed E-state index contributed by atoms with van der Waals surface area (Å²) in [6.07, 6.45) is 3.12. The Bertz CT molecular complexity index is 1010. The van der Waals surface area contributed by atoms with E-state index in [9.17, 15) is 9.59 Å². The Morgan fingerprint density at radius 1 is 1.07 bits per heavy atom. The van der Waals surface area contributed by atoms with E-state index < -0.39 is 0 Å². The fourth-order valence-corrected chi connectivity index (χ4v) is 6.80. The van der Waals surface area contributed by atoms with Gasteiger partial charge in [0.2, 0.25) is 11.8 Å². The van der Waals surface area contributed by atoms with E-state index in [0.29, 0.717) is 11.0 Å². The van der Waals surface area contributed by atoms with Crippen LogP contribution in [0.15, 0.2) is 40.8 Å². The molecule has 2 amide bonds. The molecule has 4 nitrogen and oxygen atoms in total. The number of fused-ring (bicyclic) bond motifs is 5. The van der Waals surface area contributed by atoms with Crippen LogP contribution in [-0.2, 0) is 16.0 Å². The summed E-state index contributed by atoms with van der Waals surface area (Å²) in [7, 11) is 0. The molecule has 1 aromatic carbocycles. The Morgan fingerprint density at radius 3 is 2.20 bits per heavy atom. The third-order valence-electron chi connectivity index (χ3n) is 7.01. The molecular weight excluding hydrogens is 392 g/mol. The molecule has 5 heteroatoms. The molecule has 0 N–H and O–H groups in total. The molecule has 3 fully saturated rings. The van der Waals surface area contributed by atoms with Crippen LogP contribution in [0.2, 0.25) is 0 Å². The number of hydrogen-bond acceptors (Lipinski definition) is 4. The van der Waals surface area contributed by atoms with Gasteiger partial charge < -0.3 is 0 Å². The lowest BCUT2D eigenvalue weighted by molar-refractivity contribution is -0.123. The van der Waals surface area contributed by atoms with Crippen molar-refractivity contribution in [2.75, 3.05) is 4.90 Å². The van der Waals surface area contributed by atoms with Gasteiger partial charge in [-0.2, -0.15) is 0 Å². The number of nitrogens with zero attached hydrogens (tertiary/aromatic N) is 2. The summed E-state index contributed by atoms with van der Waals surface area (Å²) >= 11 is 1.39. The van der Waals surface area contributed by atoms with Gasteiger partial charge in [-0.05, 0) is 56.4 Å². The highest BCUT2D eigenvalue weighted by molar-refractivity contribution is 7.14. The fraction of sp³-hybridized carbons (Fsp3) is 0.480. The van der Waals surface area contributed by atoms with Crippen molar-refractivity contribution in [3.8, 4) is 11.3 Å². The number of carbonyl (C=O) groups is 2. The molecule has 156 valence electrons. The Labute approximate surface area is 182 Å². The van der Waals surface area contributed by atoms with E-state index in [-0.39, 0.29) is 35.5 Å². The molecule has 1 aliphatic heterocycles. The zero-order chi connectivity index (χ0) is 21.2. The van der Waals surface area contributed by atoms with Crippen LogP contribution >= 0.6 is 11.3 Å². The maximum Gasteiger partial charge on any atom is 0.240 e. The molecule has 2 aliphatic carbocycles. The van der Waals surface area contributed by atoms with Gasteiger partial charge in [-0.25, -0.2) is 9.88 Å². The highest BCUT2D eigenvalue weighted by atomic mass is 32.1. The predicted octanol–water partition coefficient (Wildman–Crippen LogP) is 5.49. The zero-order valence-corrected chi connectivity index (χ0v) is 18.8. The smallest absolute Gasteiger partial charge is 0.240 e. The zero-order valence-electron chi connectivity index (χ0n) is 18.0. The second-order valence-corrected chi connectivity index (χ2v) is 10.5. The van der Waals surface area contributed by atoms with Crippen molar-refractivity contribution in [1.82, 2.24) is 4.98 Å². The lowest BCUT2D eigenvalue weighted by Crippen LogP contribution is -2.33. The highest BCUT2D eigenvalue weighted by Crippen LogP contribution is 2.60. The van der Waals surface area contributed by atoms with Gasteiger partial charge in [-0.15, -0.1) is 11.3 Å². The SMILES string of the molecule is CC(C)=C1[C@H]2CC[C@H]1[C@@H]1C(=O)N(c3nc(-c4ccc(CC(C)C)cc4)cs3)C(=O)[C@H]12. The highest BCUT2D eigenvalue weighted by Gasteiger charge is 2.64. The van der Waals surface area contributed by atoms with Crippen molar-refractivity contribution >= 4 is 28.3 Å². The molecule has 0 radical (unpaired) electrons. The van der Waals surface area contributed by atoms with Gasteiger partial charge >= 0.3 is 0 Å². The van der Waals surface area contributed by atoms with Crippen LogP contribution in [0.5, 0.6) is 0 Å². The quantitative estimate of drug-likeness (QED) is 0.485. The molecule has 5 rings (SSSR count). The first-order chi connectivity index (χ1) is 14.4. The average Bonchev–Trinajstić information content (AvgIpc) is 3.44. The summed E-state index contributed by atoms with van der Waals surface area (Å²) < 4.78 is 0. The number of carbonyl (C=O) groups excluding carboxylic acids is 2. The Kier molecular flexibility index (Phi) is 4.69. The van der Waals surface area contributed by atoms with Crippen LogP contribution in [0.25, 0.3) is 11.3 Å². The van der Waals surface area contributed by atoms with Crippen LogP contribution in [0, 0.1) is 29.6 Å². The lowest BCUT2D eigenvalue weighted by Gasteiger charge is -2.18. The van der Waals surface area contributed by atoms with Gasteiger partial charge in [0.1, 0.15) is 0 Å². The van der Waals surface area contributed by atoms with E-state index in [1.807, 2.05) is 5.38 Å². The number of aromatic nitrogens is 1. The van der Waals surface area contributed by atoms with Crippen LogP contribution in [0.1, 0.15) is 46.1 Å². The monoisotopic (exact) mass is 420 g/mol. The third-order valence-corrected chi connectivity index (χ3v) is 7.83. The first kappa shape index (κ1) is 19.7. The maximum absolute atomic E-state index is 13.3. The second kappa shape index (κ2) is 7.16. The molecule has 1 aromatic heterocycles. The Hall–Kier alpha value is -2.27. The van der Waals surface area contributed by atoms with Crippen molar-refractivity contribution in [1.29, 1.82) is 0 Å². The summed E-state index contributed by atoms with van der Waals surface area (Å²) in [5.74, 6) is 0.690. The minimum absolute atomic E-state index is 0.0378. The Balaban J connectivity index is 1.41. The molecule has 2 saturated carbocycles. The van der Waals surface area contributed by atoms with Gasteiger partial charge in [0.25, 0.3) is 0 Å². The number of allylic oxidation sites excluding steroid dienone is 2. The summed E-state index contributed by atoms with van der Waals surface area (Å²) in [4.78, 5) is 32.7. The minimum Gasteiger partial charge on any atom is -0.274 e. The number of imide groups is 1. The van der Waals surface area contributed by atoms with Crippen molar-refractivity contribution in [2.45, 2.75) is 47.0 Å². The summed E-state index contributed by atoms with van der Waals surface area (Å²) in [6.45, 7) is 8.67. The molecule has 4 atom stereocenters. The molecular formula is C25H28N2O2S. The number of thiazole rings is 1. The second-order valence-electron chi connectivity index (χ2n) is 9.62. The van der Waals surface area contributed by atoms with E-state index in [1.165, 1.54) is 32.9 Å². The van der Waals surface area contributed by atoms with E-state index in [4.69, 9.17) is 4.98 Å². The summed E-state index contributed by atoms with van der Waals surface area (Å²) in [5, 5.41) is 2.48. The third kappa shape index (κ3) is 2.89. The predicted molar refractivity (Wildman–Crippen MR) is 120 cm³/mol. The normalized spacial score (nSPS) is 27.5. The summed E-state index contributed by atoms with van der Waals surface area (Å²) in [5.41, 5.74) is 5.84. The topological polar surface area (TPSA) is 50.3 Å². The first-order valence-corrected chi connectivity index (χ1v) is 11.8. The first-order valence-electron chi connectivity index (χ1n) is 11.0. The van der Waals surface area contributed by atoms with Crippen LogP contribution in [-0.4, -0.2) is 16.8 Å². The molecule has 2 heterocycles. The van der Waals surface area contributed by atoms with E-state index >= 15 is 0 Å². The van der Waals surface area contributed by atoms with Crippen LogP contribution in [0.3, 0.4) is 0 Å². The van der Waals surface area contributed by atoms with Crippen molar-refractivity contribution in [3.63, 3.8) is 0 Å². The molecule has 2 bridgehead atoms.